The lowest BCUT2D eigenvalue weighted by Gasteiger charge is -2.38. The van der Waals surface area contributed by atoms with Crippen molar-refractivity contribution in [3.05, 3.63) is 29.2 Å². The molecule has 1 aliphatic rings. The van der Waals surface area contributed by atoms with Gasteiger partial charge in [-0.3, -0.25) is 4.79 Å². The Bertz CT molecular complexity index is 624. The Labute approximate surface area is 140 Å². The number of nitrogens with one attached hydrogen (secondary N) is 3. The van der Waals surface area contributed by atoms with Gasteiger partial charge in [-0.2, -0.15) is 5.11 Å². The van der Waals surface area contributed by atoms with Gasteiger partial charge < -0.3 is 15.5 Å². The number of pyridine rings is 1. The van der Waals surface area contributed by atoms with Crippen LogP contribution in [0.1, 0.15) is 26.3 Å². The molecule has 0 unspecified atom stereocenters. The van der Waals surface area contributed by atoms with Gasteiger partial charge in [0.15, 0.2) is 0 Å². The largest absolute Gasteiger partial charge is 0.383 e. The minimum atomic E-state index is 0.0720. The van der Waals surface area contributed by atoms with Gasteiger partial charge in [0.1, 0.15) is 10.9 Å². The molecule has 0 aromatic carbocycles. The summed E-state index contributed by atoms with van der Waals surface area (Å²) in [5.74, 6) is 0.0720. The lowest BCUT2D eigenvalue weighted by molar-refractivity contribution is -0.133. The zero-order valence-electron chi connectivity index (χ0n) is 13.4. The second-order valence-corrected chi connectivity index (χ2v) is 6.17. The van der Waals surface area contributed by atoms with Crippen molar-refractivity contribution in [2.75, 3.05) is 18.4 Å². The molecule has 1 aliphatic heterocycles. The quantitative estimate of drug-likeness (QED) is 0.550. The first-order valence-corrected chi connectivity index (χ1v) is 7.80. The zero-order valence-corrected chi connectivity index (χ0v) is 14.2. The molecule has 1 amide bonds. The molecule has 0 bridgehead atoms. The van der Waals surface area contributed by atoms with Crippen LogP contribution in [-0.2, 0) is 4.79 Å². The van der Waals surface area contributed by atoms with Gasteiger partial charge in [0.05, 0.1) is 6.04 Å². The van der Waals surface area contributed by atoms with Crippen molar-refractivity contribution < 1.29 is 4.79 Å². The van der Waals surface area contributed by atoms with Crippen LogP contribution in [0.25, 0.3) is 5.70 Å². The molecule has 7 nitrogen and oxygen atoms in total. The van der Waals surface area contributed by atoms with Crippen LogP contribution in [-0.4, -0.2) is 41.0 Å². The van der Waals surface area contributed by atoms with Crippen LogP contribution in [0, 0.1) is 5.53 Å². The van der Waals surface area contributed by atoms with E-state index in [0.717, 1.165) is 5.69 Å². The van der Waals surface area contributed by atoms with Crippen LogP contribution in [0.3, 0.4) is 0 Å². The first-order valence-electron chi connectivity index (χ1n) is 7.42. The van der Waals surface area contributed by atoms with Crippen LogP contribution in [0.4, 0.5) is 5.69 Å². The number of halogens is 1. The molecule has 0 aliphatic carbocycles. The van der Waals surface area contributed by atoms with E-state index in [-0.39, 0.29) is 18.0 Å². The molecule has 2 rings (SSSR count). The topological polar surface area (TPSA) is 93.5 Å². The molecule has 1 aromatic rings. The van der Waals surface area contributed by atoms with Gasteiger partial charge in [-0.15, -0.1) is 0 Å². The van der Waals surface area contributed by atoms with Crippen LogP contribution in [0.2, 0.25) is 5.15 Å². The van der Waals surface area contributed by atoms with Crippen molar-refractivity contribution in [1.82, 2.24) is 15.2 Å². The Balaban J connectivity index is 2.12. The maximum atomic E-state index is 11.2. The molecule has 8 heteroatoms. The van der Waals surface area contributed by atoms with E-state index in [2.05, 4.69) is 20.7 Å². The van der Waals surface area contributed by atoms with Crippen molar-refractivity contribution in [3.8, 4) is 0 Å². The van der Waals surface area contributed by atoms with Gasteiger partial charge in [0.25, 0.3) is 0 Å². The summed E-state index contributed by atoms with van der Waals surface area (Å²) in [6.45, 7) is 6.91. The van der Waals surface area contributed by atoms with Crippen molar-refractivity contribution in [1.29, 1.82) is 5.53 Å². The lowest BCUT2D eigenvalue weighted by Crippen LogP contribution is -2.58. The lowest BCUT2D eigenvalue weighted by atomic mass is 10.1. The fourth-order valence-corrected chi connectivity index (χ4v) is 2.43. The number of anilines is 1. The third-order valence-electron chi connectivity index (χ3n) is 3.49. The molecule has 1 saturated heterocycles. The van der Waals surface area contributed by atoms with E-state index >= 15 is 0 Å². The summed E-state index contributed by atoms with van der Waals surface area (Å²) in [7, 11) is 0. The molecule has 23 heavy (non-hydrogen) atoms. The minimum absolute atomic E-state index is 0.0720. The van der Waals surface area contributed by atoms with Gasteiger partial charge in [-0.05, 0) is 19.9 Å². The highest BCUT2D eigenvalue weighted by Gasteiger charge is 2.27. The number of hydrogen-bond donors (Lipinski definition) is 3. The van der Waals surface area contributed by atoms with Crippen LogP contribution in [0.15, 0.2) is 23.6 Å². The fourth-order valence-electron chi connectivity index (χ4n) is 2.27. The minimum Gasteiger partial charge on any atom is -0.383 e. The van der Waals surface area contributed by atoms with Gasteiger partial charge in [0, 0.05) is 49.7 Å². The molecular weight excluding hydrogens is 316 g/mol. The second kappa shape index (κ2) is 7.41. The number of carbonyl (C=O) groups is 1. The Morgan fingerprint density at radius 2 is 2.26 bits per heavy atom. The van der Waals surface area contributed by atoms with Crippen LogP contribution < -0.4 is 10.6 Å². The summed E-state index contributed by atoms with van der Waals surface area (Å²) in [5.41, 5.74) is 9.36. The summed E-state index contributed by atoms with van der Waals surface area (Å²) in [6.07, 6.45) is 3.28. The van der Waals surface area contributed by atoms with Gasteiger partial charge >= 0.3 is 0 Å². The Kier molecular flexibility index (Phi) is 5.54. The maximum absolute atomic E-state index is 11.2. The molecule has 0 saturated carbocycles. The number of hydrogen-bond acceptors (Lipinski definition) is 6. The molecule has 1 fully saturated rings. The highest BCUT2D eigenvalue weighted by Crippen LogP contribution is 2.27. The molecule has 2 heterocycles. The van der Waals surface area contributed by atoms with E-state index < -0.39 is 0 Å². The number of nitrogens with zero attached hydrogens (tertiary/aromatic N) is 3. The standard InChI is InChI=1S/C15H21ClN6O/c1-9(2)20-13-4-15(16)19-5-12(13)14(21-17)6-18-11-7-22(8-11)10(3)23/h4-6,9,11,17-18H,7-8H2,1-3H3,(H,19,20)/b14-6-,21-17?. The van der Waals surface area contributed by atoms with E-state index in [1.165, 1.54) is 0 Å². The van der Waals surface area contributed by atoms with Crippen molar-refractivity contribution in [3.63, 3.8) is 0 Å². The average molecular weight is 337 g/mol. The molecule has 124 valence electrons. The predicted molar refractivity (Wildman–Crippen MR) is 90.3 cm³/mol. The Morgan fingerprint density at radius 1 is 1.57 bits per heavy atom. The van der Waals surface area contributed by atoms with Crippen LogP contribution >= 0.6 is 11.6 Å². The first-order chi connectivity index (χ1) is 10.9. The maximum Gasteiger partial charge on any atom is 0.219 e. The summed E-state index contributed by atoms with van der Waals surface area (Å²) < 4.78 is 0. The third kappa shape index (κ3) is 4.41. The highest BCUT2D eigenvalue weighted by molar-refractivity contribution is 6.29. The number of carbonyl (C=O) groups excluding carboxylic acids is 1. The number of likely N-dealkylation sites (tertiary alicyclic amines) is 1. The molecule has 1 aromatic heterocycles. The third-order valence-corrected chi connectivity index (χ3v) is 3.70. The smallest absolute Gasteiger partial charge is 0.219 e. The fraction of sp³-hybridized carbons (Fsp3) is 0.467. The number of amides is 1. The Hall–Kier alpha value is -2.15. The average Bonchev–Trinajstić information content (AvgIpc) is 2.41. The van der Waals surface area contributed by atoms with E-state index in [9.17, 15) is 4.79 Å². The van der Waals surface area contributed by atoms with E-state index in [4.69, 9.17) is 17.1 Å². The summed E-state index contributed by atoms with van der Waals surface area (Å²) in [6, 6.07) is 2.11. The molecule has 0 atom stereocenters. The predicted octanol–water partition coefficient (Wildman–Crippen LogP) is 2.70. The van der Waals surface area contributed by atoms with E-state index in [1.54, 1.807) is 30.3 Å². The highest BCUT2D eigenvalue weighted by atomic mass is 35.5. The van der Waals surface area contributed by atoms with Crippen molar-refractivity contribution in [2.24, 2.45) is 5.11 Å². The molecular formula is C15H21ClN6O. The summed E-state index contributed by atoms with van der Waals surface area (Å²) >= 11 is 5.95. The molecule has 0 spiro atoms. The van der Waals surface area contributed by atoms with E-state index in [1.807, 2.05) is 13.8 Å². The monoisotopic (exact) mass is 336 g/mol. The van der Waals surface area contributed by atoms with Gasteiger partial charge in [-0.25, -0.2) is 10.5 Å². The van der Waals surface area contributed by atoms with E-state index in [0.29, 0.717) is 29.5 Å². The van der Waals surface area contributed by atoms with Crippen molar-refractivity contribution in [2.45, 2.75) is 32.9 Å². The summed E-state index contributed by atoms with van der Waals surface area (Å²) in [5, 5.41) is 10.4. The Morgan fingerprint density at radius 3 is 2.83 bits per heavy atom. The normalized spacial score (nSPS) is 15.3. The molecule has 0 radical (unpaired) electrons. The SMILES string of the molecule is CC(=O)N1CC(N/C=C(\N=N)c2cnc(Cl)cc2NC(C)C)C1. The van der Waals surface area contributed by atoms with Crippen molar-refractivity contribution >= 4 is 28.9 Å². The first kappa shape index (κ1) is 17.2. The molecule has 3 N–H and O–H groups in total. The van der Waals surface area contributed by atoms with Gasteiger partial charge in [0.2, 0.25) is 5.91 Å². The van der Waals surface area contributed by atoms with Crippen LogP contribution in [0.5, 0.6) is 0 Å². The zero-order chi connectivity index (χ0) is 17.0. The number of aromatic nitrogens is 1. The number of rotatable bonds is 6. The van der Waals surface area contributed by atoms with Gasteiger partial charge in [-0.1, -0.05) is 11.6 Å². The summed E-state index contributed by atoms with van der Waals surface area (Å²) in [4.78, 5) is 17.0. The second-order valence-electron chi connectivity index (χ2n) is 5.78.